The van der Waals surface area contributed by atoms with Crippen molar-refractivity contribution in [2.24, 2.45) is 5.92 Å². The van der Waals surface area contributed by atoms with Gasteiger partial charge in [0.25, 0.3) is 0 Å². The number of fused-ring (bicyclic) bond motifs is 1. The van der Waals surface area contributed by atoms with Crippen molar-refractivity contribution < 1.29 is 4.79 Å². The number of para-hydroxylation sites is 2. The Labute approximate surface area is 171 Å². The number of nitrogens with zero attached hydrogens (tertiary/aromatic N) is 2. The van der Waals surface area contributed by atoms with E-state index in [1.807, 2.05) is 60.0 Å². The van der Waals surface area contributed by atoms with Crippen molar-refractivity contribution in [3.8, 4) is 0 Å². The normalized spacial score (nSPS) is 15.8. The van der Waals surface area contributed by atoms with Gasteiger partial charge in [0.2, 0.25) is 0 Å². The summed E-state index contributed by atoms with van der Waals surface area (Å²) in [5.41, 5.74) is 3.83. The highest BCUT2D eigenvalue weighted by molar-refractivity contribution is 5.96. The zero-order valence-corrected chi connectivity index (χ0v) is 17.1. The summed E-state index contributed by atoms with van der Waals surface area (Å²) in [6, 6.07) is 15.7. The lowest BCUT2D eigenvalue weighted by atomic mass is 9.89. The second-order valence-electron chi connectivity index (χ2n) is 8.23. The lowest BCUT2D eigenvalue weighted by Gasteiger charge is -2.31. The number of aryl methyl sites for hydroxylation is 2. The van der Waals surface area contributed by atoms with Gasteiger partial charge in [-0.05, 0) is 69.9 Å². The van der Waals surface area contributed by atoms with Crippen molar-refractivity contribution >= 4 is 16.8 Å². The van der Waals surface area contributed by atoms with Crippen LogP contribution in [0.2, 0.25) is 0 Å². The lowest BCUT2D eigenvalue weighted by molar-refractivity contribution is 0.0927. The molecule has 0 atom stereocenters. The van der Waals surface area contributed by atoms with Gasteiger partial charge >= 0.3 is 5.69 Å². The first-order chi connectivity index (χ1) is 14.1. The summed E-state index contributed by atoms with van der Waals surface area (Å²) in [5, 5.41) is 0. The summed E-state index contributed by atoms with van der Waals surface area (Å²) in [7, 11) is 0. The molecule has 1 fully saturated rings. The Kier molecular flexibility index (Phi) is 5.95. The molecule has 1 N–H and O–H groups in total. The number of piperidine rings is 1. The third kappa shape index (κ3) is 4.67. The van der Waals surface area contributed by atoms with Gasteiger partial charge in [-0.25, -0.2) is 4.79 Å². The van der Waals surface area contributed by atoms with E-state index in [4.69, 9.17) is 0 Å². The summed E-state index contributed by atoms with van der Waals surface area (Å²) in [6.07, 6.45) is 3.76. The molecule has 0 saturated carbocycles. The van der Waals surface area contributed by atoms with Crippen LogP contribution in [0.3, 0.4) is 0 Å². The molecule has 4 rings (SSSR count). The molecule has 1 saturated heterocycles. The summed E-state index contributed by atoms with van der Waals surface area (Å²) in [6.45, 7) is 5.82. The van der Waals surface area contributed by atoms with E-state index in [0.29, 0.717) is 12.3 Å². The summed E-state index contributed by atoms with van der Waals surface area (Å²) in [5.74, 6) is 0.751. The molecule has 0 spiro atoms. The van der Waals surface area contributed by atoms with Gasteiger partial charge in [-0.3, -0.25) is 9.36 Å². The minimum atomic E-state index is -0.0282. The number of carbonyl (C=O) groups is 1. The minimum Gasteiger partial charge on any atom is -0.306 e. The molecule has 0 unspecified atom stereocenters. The molecule has 0 radical (unpaired) electrons. The molecule has 2 heterocycles. The number of likely N-dealkylation sites (tertiary alicyclic amines) is 1. The second-order valence-corrected chi connectivity index (χ2v) is 8.23. The fourth-order valence-electron chi connectivity index (χ4n) is 4.39. The summed E-state index contributed by atoms with van der Waals surface area (Å²) < 4.78 is 1.84. The number of aromatic amines is 1. The second kappa shape index (κ2) is 8.78. The maximum Gasteiger partial charge on any atom is 0.326 e. The number of hydrogen-bond donors (Lipinski definition) is 1. The van der Waals surface area contributed by atoms with Gasteiger partial charge in [-0.1, -0.05) is 35.9 Å². The molecule has 0 amide bonds. The zero-order valence-electron chi connectivity index (χ0n) is 17.1. The summed E-state index contributed by atoms with van der Waals surface area (Å²) in [4.78, 5) is 30.1. The number of aromatic nitrogens is 2. The van der Waals surface area contributed by atoms with Gasteiger partial charge in [0.05, 0.1) is 11.0 Å². The Morgan fingerprint density at radius 3 is 2.66 bits per heavy atom. The Morgan fingerprint density at radius 2 is 1.86 bits per heavy atom. The van der Waals surface area contributed by atoms with Crippen LogP contribution in [-0.4, -0.2) is 39.9 Å². The zero-order chi connectivity index (χ0) is 20.2. The molecule has 152 valence electrons. The number of rotatable bonds is 7. The Bertz CT molecular complexity index is 1040. The van der Waals surface area contributed by atoms with E-state index in [1.165, 1.54) is 0 Å². The van der Waals surface area contributed by atoms with Crippen LogP contribution in [-0.2, 0) is 6.54 Å². The van der Waals surface area contributed by atoms with Crippen molar-refractivity contribution in [1.29, 1.82) is 0 Å². The largest absolute Gasteiger partial charge is 0.326 e. The van der Waals surface area contributed by atoms with Crippen LogP contribution >= 0.6 is 0 Å². The van der Waals surface area contributed by atoms with E-state index in [-0.39, 0.29) is 11.5 Å². The van der Waals surface area contributed by atoms with E-state index in [1.54, 1.807) is 0 Å². The third-order valence-electron chi connectivity index (χ3n) is 6.06. The monoisotopic (exact) mass is 391 g/mol. The van der Waals surface area contributed by atoms with E-state index in [2.05, 4.69) is 9.88 Å². The predicted octanol–water partition coefficient (Wildman–Crippen LogP) is 4.01. The van der Waals surface area contributed by atoms with Gasteiger partial charge in [0.1, 0.15) is 0 Å². The van der Waals surface area contributed by atoms with Crippen molar-refractivity contribution in [3.63, 3.8) is 0 Å². The van der Waals surface area contributed by atoms with Crippen LogP contribution in [0.1, 0.15) is 41.6 Å². The predicted molar refractivity (Wildman–Crippen MR) is 116 cm³/mol. The minimum absolute atomic E-state index is 0.0282. The lowest BCUT2D eigenvalue weighted by Crippen LogP contribution is -2.35. The number of H-pyrrole nitrogens is 1. The molecule has 1 aromatic heterocycles. The average Bonchev–Trinajstić information content (AvgIpc) is 3.04. The Hall–Kier alpha value is -2.66. The molecule has 5 nitrogen and oxygen atoms in total. The fourth-order valence-corrected chi connectivity index (χ4v) is 4.39. The first-order valence-corrected chi connectivity index (χ1v) is 10.6. The van der Waals surface area contributed by atoms with Gasteiger partial charge in [-0.15, -0.1) is 0 Å². The maximum atomic E-state index is 12.5. The van der Waals surface area contributed by atoms with Crippen LogP contribution in [0.5, 0.6) is 0 Å². The van der Waals surface area contributed by atoms with E-state index < -0.39 is 0 Å². The number of ketones is 1. The van der Waals surface area contributed by atoms with Crippen LogP contribution in [0.4, 0.5) is 0 Å². The highest BCUT2D eigenvalue weighted by Gasteiger charge is 2.22. The van der Waals surface area contributed by atoms with Gasteiger partial charge in [-0.2, -0.15) is 0 Å². The van der Waals surface area contributed by atoms with Crippen molar-refractivity contribution in [2.75, 3.05) is 19.6 Å². The smallest absolute Gasteiger partial charge is 0.306 e. The quantitative estimate of drug-likeness (QED) is 0.619. The average molecular weight is 392 g/mol. The van der Waals surface area contributed by atoms with Crippen LogP contribution < -0.4 is 5.69 Å². The number of Topliss-reactive ketones (excluding diaryl/α,β-unsaturated/α-hetero) is 1. The molecule has 29 heavy (non-hydrogen) atoms. The molecule has 0 aliphatic carbocycles. The standard InChI is InChI=1S/C24H29N3O2/c1-18-6-4-7-20(16-18)23(28)17-19-10-14-26(15-11-19)12-5-13-27-22-9-3-2-8-21(22)25-24(27)29/h2-4,6-9,16,19H,5,10-15,17H2,1H3,(H,25,29). The van der Waals surface area contributed by atoms with Crippen LogP contribution in [0.25, 0.3) is 11.0 Å². The fraction of sp³-hybridized carbons (Fsp3) is 0.417. The van der Waals surface area contributed by atoms with E-state index >= 15 is 0 Å². The van der Waals surface area contributed by atoms with Crippen LogP contribution in [0, 0.1) is 12.8 Å². The molecular formula is C24H29N3O2. The van der Waals surface area contributed by atoms with Gasteiger partial charge in [0.15, 0.2) is 5.78 Å². The van der Waals surface area contributed by atoms with E-state index in [9.17, 15) is 9.59 Å². The SMILES string of the molecule is Cc1cccc(C(=O)CC2CCN(CCCn3c(=O)[nH]c4ccccc43)CC2)c1. The van der Waals surface area contributed by atoms with E-state index in [0.717, 1.165) is 67.6 Å². The van der Waals surface area contributed by atoms with Crippen molar-refractivity contribution in [1.82, 2.24) is 14.5 Å². The van der Waals surface area contributed by atoms with Crippen LogP contribution in [0.15, 0.2) is 53.3 Å². The number of nitrogens with one attached hydrogen (secondary N) is 1. The molecule has 1 aliphatic heterocycles. The molecule has 5 heteroatoms. The van der Waals surface area contributed by atoms with Gasteiger partial charge < -0.3 is 9.88 Å². The number of carbonyl (C=O) groups excluding carboxylic acids is 1. The number of imidazole rings is 1. The highest BCUT2D eigenvalue weighted by Crippen LogP contribution is 2.23. The molecule has 0 bridgehead atoms. The third-order valence-corrected chi connectivity index (χ3v) is 6.06. The molecule has 3 aromatic rings. The summed E-state index contributed by atoms with van der Waals surface area (Å²) >= 11 is 0. The maximum absolute atomic E-state index is 12.5. The van der Waals surface area contributed by atoms with Crippen molar-refractivity contribution in [2.45, 2.75) is 39.2 Å². The highest BCUT2D eigenvalue weighted by atomic mass is 16.1. The number of benzene rings is 2. The molecular weight excluding hydrogens is 362 g/mol. The Balaban J connectivity index is 1.23. The first kappa shape index (κ1) is 19.6. The van der Waals surface area contributed by atoms with Gasteiger partial charge in [0, 0.05) is 18.5 Å². The van der Waals surface area contributed by atoms with Crippen molar-refractivity contribution in [3.05, 3.63) is 70.1 Å². The first-order valence-electron chi connectivity index (χ1n) is 10.6. The molecule has 1 aliphatic rings. The molecule has 2 aromatic carbocycles. The Morgan fingerprint density at radius 1 is 1.07 bits per heavy atom. The topological polar surface area (TPSA) is 58.1 Å². The number of hydrogen-bond acceptors (Lipinski definition) is 3.